The topological polar surface area (TPSA) is 0 Å². The maximum absolute atomic E-state index is 5.28. The number of allylic oxidation sites excluding steroid dienone is 1. The third kappa shape index (κ3) is 2.80. The highest BCUT2D eigenvalue weighted by Crippen LogP contribution is 2.27. The minimum absolute atomic E-state index is 0.731. The first-order valence-corrected chi connectivity index (χ1v) is 4.43. The molecule has 0 radical (unpaired) electrons. The van der Waals surface area contributed by atoms with Crippen LogP contribution in [0.3, 0.4) is 0 Å². The summed E-state index contributed by atoms with van der Waals surface area (Å²) >= 11 is 0. The summed E-state index contributed by atoms with van der Waals surface area (Å²) < 4.78 is 0. The van der Waals surface area contributed by atoms with Crippen LogP contribution in [0.5, 0.6) is 0 Å². The van der Waals surface area contributed by atoms with Crippen molar-refractivity contribution >= 4 is 0 Å². The van der Waals surface area contributed by atoms with Gasteiger partial charge in [0, 0.05) is 6.42 Å². The van der Waals surface area contributed by atoms with Crippen molar-refractivity contribution in [1.29, 1.82) is 0 Å². The van der Waals surface area contributed by atoms with Gasteiger partial charge in [-0.25, -0.2) is 0 Å². The van der Waals surface area contributed by atoms with E-state index < -0.39 is 0 Å². The molecular formula is C11H16. The van der Waals surface area contributed by atoms with E-state index in [0.717, 1.165) is 12.3 Å². The van der Waals surface area contributed by atoms with Crippen molar-refractivity contribution in [3.63, 3.8) is 0 Å². The fraction of sp³-hybridized carbons (Fsp3) is 0.636. The lowest BCUT2D eigenvalue weighted by atomic mass is 9.95. The van der Waals surface area contributed by atoms with Gasteiger partial charge in [-0.3, -0.25) is 0 Å². The highest BCUT2D eigenvalue weighted by atomic mass is 14.2. The van der Waals surface area contributed by atoms with Crippen LogP contribution in [0.25, 0.3) is 0 Å². The van der Waals surface area contributed by atoms with Crippen molar-refractivity contribution in [3.8, 4) is 12.3 Å². The van der Waals surface area contributed by atoms with Crippen molar-refractivity contribution in [2.45, 2.75) is 38.5 Å². The van der Waals surface area contributed by atoms with Gasteiger partial charge in [-0.2, -0.15) is 0 Å². The summed E-state index contributed by atoms with van der Waals surface area (Å²) in [6.45, 7) is 4.04. The van der Waals surface area contributed by atoms with Crippen LogP contribution in [0, 0.1) is 18.3 Å². The van der Waals surface area contributed by atoms with Crippen LogP contribution in [0.15, 0.2) is 12.2 Å². The average molecular weight is 148 g/mol. The van der Waals surface area contributed by atoms with Crippen LogP contribution < -0.4 is 0 Å². The van der Waals surface area contributed by atoms with E-state index in [1.54, 1.807) is 0 Å². The Morgan fingerprint density at radius 1 is 1.55 bits per heavy atom. The van der Waals surface area contributed by atoms with Gasteiger partial charge in [0.05, 0.1) is 0 Å². The molecule has 1 atom stereocenters. The number of terminal acetylenes is 1. The molecule has 0 aromatic rings. The minimum atomic E-state index is 0.731. The zero-order valence-corrected chi connectivity index (χ0v) is 7.10. The van der Waals surface area contributed by atoms with Crippen LogP contribution in [-0.4, -0.2) is 0 Å². The van der Waals surface area contributed by atoms with Gasteiger partial charge in [0.15, 0.2) is 0 Å². The summed E-state index contributed by atoms with van der Waals surface area (Å²) in [6, 6.07) is 0. The van der Waals surface area contributed by atoms with Crippen LogP contribution >= 0.6 is 0 Å². The summed E-state index contributed by atoms with van der Waals surface area (Å²) in [5.74, 6) is 3.48. The van der Waals surface area contributed by atoms with Gasteiger partial charge in [0.2, 0.25) is 0 Å². The lowest BCUT2D eigenvalue weighted by Gasteiger charge is -2.09. The van der Waals surface area contributed by atoms with Crippen LogP contribution in [-0.2, 0) is 0 Å². The molecule has 0 aromatic carbocycles. The fourth-order valence-corrected chi connectivity index (χ4v) is 1.76. The molecule has 1 rings (SSSR count). The highest BCUT2D eigenvalue weighted by molar-refractivity contribution is 5.00. The van der Waals surface area contributed by atoms with Crippen molar-refractivity contribution in [1.82, 2.24) is 0 Å². The quantitative estimate of drug-likeness (QED) is 0.304. The maximum Gasteiger partial charge on any atom is 0.0117 e. The van der Waals surface area contributed by atoms with Gasteiger partial charge in [-0.15, -0.1) is 12.3 Å². The van der Waals surface area contributed by atoms with Gasteiger partial charge in [0.1, 0.15) is 0 Å². The van der Waals surface area contributed by atoms with E-state index in [0.29, 0.717) is 0 Å². The van der Waals surface area contributed by atoms with E-state index in [2.05, 4.69) is 12.5 Å². The highest BCUT2D eigenvalue weighted by Gasteiger charge is 2.12. The molecule has 1 aliphatic carbocycles. The smallest absolute Gasteiger partial charge is 0.0117 e. The van der Waals surface area contributed by atoms with Crippen molar-refractivity contribution < 1.29 is 0 Å². The lowest BCUT2D eigenvalue weighted by molar-refractivity contribution is 0.497. The van der Waals surface area contributed by atoms with Crippen molar-refractivity contribution in [2.75, 3.05) is 0 Å². The molecule has 1 saturated carbocycles. The van der Waals surface area contributed by atoms with E-state index in [-0.39, 0.29) is 0 Å². The Kier molecular flexibility index (Phi) is 3.23. The van der Waals surface area contributed by atoms with Gasteiger partial charge < -0.3 is 0 Å². The summed E-state index contributed by atoms with van der Waals surface area (Å²) in [4.78, 5) is 0. The molecule has 0 amide bonds. The number of hydrogen-bond donors (Lipinski definition) is 0. The van der Waals surface area contributed by atoms with Gasteiger partial charge in [-0.05, 0) is 31.6 Å². The Hall–Kier alpha value is -0.700. The normalized spacial score (nSPS) is 25.7. The molecule has 11 heavy (non-hydrogen) atoms. The molecular weight excluding hydrogens is 132 g/mol. The molecule has 1 aliphatic rings. The molecule has 0 saturated heterocycles. The monoisotopic (exact) mass is 148 g/mol. The molecule has 1 unspecified atom stereocenters. The van der Waals surface area contributed by atoms with Gasteiger partial charge in [0.25, 0.3) is 0 Å². The first kappa shape index (κ1) is 8.40. The molecule has 0 heterocycles. The number of rotatable bonds is 1. The summed E-state index contributed by atoms with van der Waals surface area (Å²) in [6.07, 6.45) is 12.6. The van der Waals surface area contributed by atoms with E-state index in [1.165, 1.54) is 37.7 Å². The second-order valence-electron chi connectivity index (χ2n) is 3.47. The second-order valence-corrected chi connectivity index (χ2v) is 3.47. The third-order valence-corrected chi connectivity index (χ3v) is 2.38. The Labute approximate surface area is 69.7 Å². The maximum atomic E-state index is 5.28. The Bertz CT molecular complexity index is 171. The molecule has 0 nitrogen and oxygen atoms in total. The molecule has 0 aliphatic heterocycles. The molecule has 0 heteroatoms. The van der Waals surface area contributed by atoms with E-state index >= 15 is 0 Å². The number of hydrogen-bond acceptors (Lipinski definition) is 0. The predicted octanol–water partition coefficient (Wildman–Crippen LogP) is 3.15. The van der Waals surface area contributed by atoms with Gasteiger partial charge >= 0.3 is 0 Å². The van der Waals surface area contributed by atoms with Crippen molar-refractivity contribution in [3.05, 3.63) is 12.2 Å². The fourth-order valence-electron chi connectivity index (χ4n) is 1.76. The molecule has 1 fully saturated rings. The standard InChI is InChI=1S/C11H16/c1-3-6-11-8-5-4-7-10(2)9-11/h1,11H,2,4-9H2. The Morgan fingerprint density at radius 3 is 3.09 bits per heavy atom. The lowest BCUT2D eigenvalue weighted by Crippen LogP contribution is -1.97. The predicted molar refractivity (Wildman–Crippen MR) is 49.2 cm³/mol. The van der Waals surface area contributed by atoms with Crippen LogP contribution in [0.2, 0.25) is 0 Å². The first-order chi connectivity index (χ1) is 5.33. The minimum Gasteiger partial charge on any atom is -0.120 e. The molecule has 0 spiro atoms. The Balaban J connectivity index is 2.40. The van der Waals surface area contributed by atoms with Crippen LogP contribution in [0.1, 0.15) is 38.5 Å². The molecule has 0 N–H and O–H groups in total. The summed E-state index contributed by atoms with van der Waals surface area (Å²) in [5, 5.41) is 0. The van der Waals surface area contributed by atoms with Crippen LogP contribution in [0.4, 0.5) is 0 Å². The molecule has 60 valence electrons. The SMILES string of the molecule is C#CCC1CCCCC(=C)C1. The summed E-state index contributed by atoms with van der Waals surface area (Å²) in [5.41, 5.74) is 1.41. The molecule has 0 aromatic heterocycles. The average Bonchev–Trinajstić information content (AvgIpc) is 2.15. The first-order valence-electron chi connectivity index (χ1n) is 4.43. The second kappa shape index (κ2) is 4.23. The zero-order valence-electron chi connectivity index (χ0n) is 7.10. The van der Waals surface area contributed by atoms with Gasteiger partial charge in [-0.1, -0.05) is 18.6 Å². The van der Waals surface area contributed by atoms with E-state index in [1.807, 2.05) is 0 Å². The van der Waals surface area contributed by atoms with Crippen molar-refractivity contribution in [2.24, 2.45) is 5.92 Å². The molecule has 0 bridgehead atoms. The Morgan fingerprint density at radius 2 is 2.36 bits per heavy atom. The van der Waals surface area contributed by atoms with E-state index in [9.17, 15) is 0 Å². The van der Waals surface area contributed by atoms with E-state index in [4.69, 9.17) is 6.42 Å². The zero-order chi connectivity index (χ0) is 8.10. The largest absolute Gasteiger partial charge is 0.120 e. The summed E-state index contributed by atoms with van der Waals surface area (Å²) in [7, 11) is 0. The third-order valence-electron chi connectivity index (χ3n) is 2.38.